The van der Waals surface area contributed by atoms with E-state index in [4.69, 9.17) is 5.73 Å². The molecular weight excluding hydrogens is 258 g/mol. The second-order valence-corrected chi connectivity index (χ2v) is 4.21. The smallest absolute Gasteiger partial charge is 0.130 e. The summed E-state index contributed by atoms with van der Waals surface area (Å²) in [4.78, 5) is 0. The summed E-state index contributed by atoms with van der Waals surface area (Å²) < 4.78 is 52.4. The van der Waals surface area contributed by atoms with Crippen LogP contribution >= 0.6 is 0 Å². The van der Waals surface area contributed by atoms with Crippen LogP contribution in [0.4, 0.5) is 17.6 Å². The SMILES string of the molecule is NC(Cc1ccc(F)cc1F)c1ccc(F)cc1F. The molecule has 0 aliphatic carbocycles. The monoisotopic (exact) mass is 269 g/mol. The molecule has 19 heavy (non-hydrogen) atoms. The molecule has 1 unspecified atom stereocenters. The molecule has 0 spiro atoms. The Kier molecular flexibility index (Phi) is 3.85. The van der Waals surface area contributed by atoms with Gasteiger partial charge < -0.3 is 5.73 Å². The van der Waals surface area contributed by atoms with Crippen molar-refractivity contribution in [2.75, 3.05) is 0 Å². The lowest BCUT2D eigenvalue weighted by molar-refractivity contribution is 0.540. The van der Waals surface area contributed by atoms with Gasteiger partial charge in [0.2, 0.25) is 0 Å². The predicted octanol–water partition coefficient (Wildman–Crippen LogP) is 3.49. The normalized spacial score (nSPS) is 12.5. The van der Waals surface area contributed by atoms with Crippen molar-refractivity contribution in [1.29, 1.82) is 0 Å². The Morgan fingerprint density at radius 1 is 0.842 bits per heavy atom. The molecule has 1 nitrogen and oxygen atoms in total. The van der Waals surface area contributed by atoms with Crippen LogP contribution in [0.3, 0.4) is 0 Å². The molecule has 0 fully saturated rings. The summed E-state index contributed by atoms with van der Waals surface area (Å²) in [6, 6.07) is 5.29. The van der Waals surface area contributed by atoms with E-state index in [9.17, 15) is 17.6 Å². The summed E-state index contributed by atoms with van der Waals surface area (Å²) in [5.74, 6) is -2.92. The van der Waals surface area contributed by atoms with Gasteiger partial charge in [-0.05, 0) is 24.1 Å². The third kappa shape index (κ3) is 3.12. The van der Waals surface area contributed by atoms with Gasteiger partial charge in [-0.2, -0.15) is 0 Å². The van der Waals surface area contributed by atoms with Crippen LogP contribution in [-0.4, -0.2) is 0 Å². The number of rotatable bonds is 3. The minimum absolute atomic E-state index is 0.00529. The van der Waals surface area contributed by atoms with Gasteiger partial charge in [-0.3, -0.25) is 0 Å². The van der Waals surface area contributed by atoms with Crippen LogP contribution in [0.15, 0.2) is 36.4 Å². The fourth-order valence-corrected chi connectivity index (χ4v) is 1.84. The number of hydrogen-bond donors (Lipinski definition) is 1. The predicted molar refractivity (Wildman–Crippen MR) is 63.3 cm³/mol. The highest BCUT2D eigenvalue weighted by Gasteiger charge is 2.15. The molecule has 5 heteroatoms. The van der Waals surface area contributed by atoms with Gasteiger partial charge in [-0.25, -0.2) is 17.6 Å². The van der Waals surface area contributed by atoms with Crippen LogP contribution in [-0.2, 0) is 6.42 Å². The first-order valence-electron chi connectivity index (χ1n) is 5.62. The molecule has 0 heterocycles. The molecule has 0 aliphatic heterocycles. The first-order valence-corrected chi connectivity index (χ1v) is 5.62. The van der Waals surface area contributed by atoms with E-state index in [1.165, 1.54) is 12.1 Å². The molecule has 2 aromatic rings. The van der Waals surface area contributed by atoms with Gasteiger partial charge in [-0.15, -0.1) is 0 Å². The minimum atomic E-state index is -0.833. The van der Waals surface area contributed by atoms with Crippen LogP contribution < -0.4 is 5.73 Å². The van der Waals surface area contributed by atoms with Gasteiger partial charge in [0.05, 0.1) is 0 Å². The fourth-order valence-electron chi connectivity index (χ4n) is 1.84. The number of halogens is 4. The molecular formula is C14H11F4N. The third-order valence-corrected chi connectivity index (χ3v) is 2.82. The average Bonchev–Trinajstić information content (AvgIpc) is 2.32. The molecule has 100 valence electrons. The fraction of sp³-hybridized carbons (Fsp3) is 0.143. The lowest BCUT2D eigenvalue weighted by atomic mass is 9.99. The number of hydrogen-bond acceptors (Lipinski definition) is 1. The van der Waals surface area contributed by atoms with Crippen molar-refractivity contribution in [3.05, 3.63) is 70.8 Å². The molecule has 2 aromatic carbocycles. The quantitative estimate of drug-likeness (QED) is 0.848. The van der Waals surface area contributed by atoms with Gasteiger partial charge in [-0.1, -0.05) is 12.1 Å². The second-order valence-electron chi connectivity index (χ2n) is 4.21. The summed E-state index contributed by atoms with van der Waals surface area (Å²) in [7, 11) is 0. The Labute approximate surface area is 107 Å². The molecule has 2 rings (SSSR count). The summed E-state index contributed by atoms with van der Waals surface area (Å²) >= 11 is 0. The van der Waals surface area contributed by atoms with Crippen LogP contribution in [0, 0.1) is 23.3 Å². The van der Waals surface area contributed by atoms with Gasteiger partial charge in [0, 0.05) is 23.7 Å². The zero-order valence-corrected chi connectivity index (χ0v) is 9.84. The maximum atomic E-state index is 13.5. The van der Waals surface area contributed by atoms with Crippen molar-refractivity contribution in [3.63, 3.8) is 0 Å². The van der Waals surface area contributed by atoms with Crippen molar-refractivity contribution in [2.24, 2.45) is 5.73 Å². The van der Waals surface area contributed by atoms with Crippen LogP contribution in [0.1, 0.15) is 17.2 Å². The first-order chi connectivity index (χ1) is 8.97. The van der Waals surface area contributed by atoms with E-state index in [1.807, 2.05) is 0 Å². The zero-order chi connectivity index (χ0) is 14.0. The highest BCUT2D eigenvalue weighted by Crippen LogP contribution is 2.21. The van der Waals surface area contributed by atoms with E-state index in [2.05, 4.69) is 0 Å². The van der Waals surface area contributed by atoms with Gasteiger partial charge in [0.25, 0.3) is 0 Å². The van der Waals surface area contributed by atoms with E-state index < -0.39 is 29.3 Å². The lowest BCUT2D eigenvalue weighted by Crippen LogP contribution is -2.16. The first kappa shape index (κ1) is 13.5. The van der Waals surface area contributed by atoms with Crippen molar-refractivity contribution in [3.8, 4) is 0 Å². The van der Waals surface area contributed by atoms with Gasteiger partial charge in [0.1, 0.15) is 23.3 Å². The van der Waals surface area contributed by atoms with Crippen molar-refractivity contribution in [1.82, 2.24) is 0 Å². The van der Waals surface area contributed by atoms with Crippen molar-refractivity contribution < 1.29 is 17.6 Å². The summed E-state index contributed by atoms with van der Waals surface area (Å²) in [6.07, 6.45) is -0.00529. The highest BCUT2D eigenvalue weighted by atomic mass is 19.1. The van der Waals surface area contributed by atoms with Crippen LogP contribution in [0.25, 0.3) is 0 Å². The maximum Gasteiger partial charge on any atom is 0.130 e. The molecule has 0 amide bonds. The number of benzene rings is 2. The molecule has 1 atom stereocenters. The molecule has 0 aromatic heterocycles. The highest BCUT2D eigenvalue weighted by molar-refractivity contribution is 5.26. The van der Waals surface area contributed by atoms with E-state index in [0.29, 0.717) is 0 Å². The Hall–Kier alpha value is -1.88. The average molecular weight is 269 g/mol. The molecule has 0 bridgehead atoms. The van der Waals surface area contributed by atoms with Gasteiger partial charge in [0.15, 0.2) is 0 Å². The largest absolute Gasteiger partial charge is 0.324 e. The molecule has 0 aliphatic rings. The van der Waals surface area contributed by atoms with Crippen molar-refractivity contribution >= 4 is 0 Å². The molecule has 2 N–H and O–H groups in total. The standard InChI is InChI=1S/C14H11F4N/c15-9-2-1-8(12(17)6-9)5-14(19)11-4-3-10(16)7-13(11)18/h1-4,6-7,14H,5,19H2. The lowest BCUT2D eigenvalue weighted by Gasteiger charge is -2.13. The topological polar surface area (TPSA) is 26.0 Å². The summed E-state index contributed by atoms with van der Waals surface area (Å²) in [5.41, 5.74) is 6.03. The van der Waals surface area contributed by atoms with E-state index in [0.717, 1.165) is 24.3 Å². The third-order valence-electron chi connectivity index (χ3n) is 2.82. The van der Waals surface area contributed by atoms with Crippen LogP contribution in [0.5, 0.6) is 0 Å². The summed E-state index contributed by atoms with van der Waals surface area (Å²) in [5, 5.41) is 0. The Balaban J connectivity index is 2.23. The summed E-state index contributed by atoms with van der Waals surface area (Å²) in [6.45, 7) is 0. The maximum absolute atomic E-state index is 13.5. The number of nitrogens with two attached hydrogens (primary N) is 1. The Morgan fingerprint density at radius 2 is 1.42 bits per heavy atom. The van der Waals surface area contributed by atoms with Crippen LogP contribution in [0.2, 0.25) is 0 Å². The Bertz CT molecular complexity index is 598. The molecule has 0 saturated carbocycles. The Morgan fingerprint density at radius 3 is 2.00 bits per heavy atom. The molecule has 0 radical (unpaired) electrons. The van der Waals surface area contributed by atoms with Crippen molar-refractivity contribution in [2.45, 2.75) is 12.5 Å². The van der Waals surface area contributed by atoms with Gasteiger partial charge >= 0.3 is 0 Å². The van der Waals surface area contributed by atoms with E-state index >= 15 is 0 Å². The van der Waals surface area contributed by atoms with E-state index in [1.54, 1.807) is 0 Å². The molecule has 0 saturated heterocycles. The second kappa shape index (κ2) is 5.40. The zero-order valence-electron chi connectivity index (χ0n) is 9.84. The minimum Gasteiger partial charge on any atom is -0.324 e. The van der Waals surface area contributed by atoms with E-state index in [-0.39, 0.29) is 17.5 Å².